The van der Waals surface area contributed by atoms with E-state index in [9.17, 15) is 4.79 Å². The second kappa shape index (κ2) is 7.44. The summed E-state index contributed by atoms with van der Waals surface area (Å²) in [5.74, 6) is 0.412. The van der Waals surface area contributed by atoms with E-state index >= 15 is 0 Å². The lowest BCUT2D eigenvalue weighted by molar-refractivity contribution is -0.154. The van der Waals surface area contributed by atoms with Crippen LogP contribution in [0.2, 0.25) is 0 Å². The SMILES string of the molecule is CCOC(=O)C(C)(NC1CCCCC1)C1CCCCC1. The van der Waals surface area contributed by atoms with E-state index in [1.165, 1.54) is 51.4 Å². The van der Waals surface area contributed by atoms with E-state index in [1.54, 1.807) is 0 Å². The molecule has 2 aliphatic rings. The van der Waals surface area contributed by atoms with Crippen molar-refractivity contribution >= 4 is 5.97 Å². The molecule has 0 bridgehead atoms. The fourth-order valence-corrected chi connectivity index (χ4v) is 3.98. The summed E-state index contributed by atoms with van der Waals surface area (Å²) in [6.07, 6.45) is 12.5. The lowest BCUT2D eigenvalue weighted by Gasteiger charge is -2.41. The van der Waals surface area contributed by atoms with Crippen molar-refractivity contribution in [3.63, 3.8) is 0 Å². The zero-order valence-corrected chi connectivity index (χ0v) is 13.2. The van der Waals surface area contributed by atoms with Gasteiger partial charge in [0.05, 0.1) is 6.61 Å². The number of rotatable bonds is 5. The maximum Gasteiger partial charge on any atom is 0.326 e. The molecule has 1 atom stereocenters. The quantitative estimate of drug-likeness (QED) is 0.779. The van der Waals surface area contributed by atoms with Crippen LogP contribution in [0, 0.1) is 5.92 Å². The lowest BCUT2D eigenvalue weighted by Crippen LogP contribution is -2.59. The monoisotopic (exact) mass is 281 g/mol. The van der Waals surface area contributed by atoms with Gasteiger partial charge in [0, 0.05) is 6.04 Å². The van der Waals surface area contributed by atoms with Crippen molar-refractivity contribution in [3.05, 3.63) is 0 Å². The van der Waals surface area contributed by atoms with E-state index in [0.29, 0.717) is 18.6 Å². The zero-order chi connectivity index (χ0) is 14.4. The van der Waals surface area contributed by atoms with Crippen molar-refractivity contribution in [2.75, 3.05) is 6.61 Å². The van der Waals surface area contributed by atoms with Crippen LogP contribution in [0.4, 0.5) is 0 Å². The number of carbonyl (C=O) groups excluding carboxylic acids is 1. The van der Waals surface area contributed by atoms with Crippen LogP contribution in [0.3, 0.4) is 0 Å². The smallest absolute Gasteiger partial charge is 0.326 e. The highest BCUT2D eigenvalue weighted by atomic mass is 16.5. The molecule has 0 aromatic heterocycles. The molecule has 3 nitrogen and oxygen atoms in total. The maximum atomic E-state index is 12.6. The Morgan fingerprint density at radius 3 is 2.15 bits per heavy atom. The highest BCUT2D eigenvalue weighted by Crippen LogP contribution is 2.35. The second-order valence-corrected chi connectivity index (χ2v) is 6.74. The number of hydrogen-bond acceptors (Lipinski definition) is 3. The van der Waals surface area contributed by atoms with Crippen LogP contribution >= 0.6 is 0 Å². The first-order chi connectivity index (χ1) is 9.66. The molecule has 0 spiro atoms. The normalized spacial score (nSPS) is 25.1. The summed E-state index contributed by atoms with van der Waals surface area (Å²) in [7, 11) is 0. The molecule has 3 heteroatoms. The van der Waals surface area contributed by atoms with Crippen LogP contribution in [0.5, 0.6) is 0 Å². The molecule has 0 aromatic carbocycles. The maximum absolute atomic E-state index is 12.6. The Hall–Kier alpha value is -0.570. The minimum absolute atomic E-state index is 0.0301. The first kappa shape index (κ1) is 15.8. The van der Waals surface area contributed by atoms with E-state index < -0.39 is 5.54 Å². The van der Waals surface area contributed by atoms with Crippen LogP contribution in [0.25, 0.3) is 0 Å². The van der Waals surface area contributed by atoms with Crippen molar-refractivity contribution in [1.82, 2.24) is 5.32 Å². The minimum Gasteiger partial charge on any atom is -0.465 e. The average Bonchev–Trinajstić information content (AvgIpc) is 2.49. The van der Waals surface area contributed by atoms with Gasteiger partial charge in [-0.15, -0.1) is 0 Å². The van der Waals surface area contributed by atoms with Crippen molar-refractivity contribution in [2.24, 2.45) is 5.92 Å². The number of hydrogen-bond donors (Lipinski definition) is 1. The predicted molar refractivity (Wildman–Crippen MR) is 81.6 cm³/mol. The van der Waals surface area contributed by atoms with Gasteiger partial charge in [0.15, 0.2) is 0 Å². The molecule has 0 aliphatic heterocycles. The molecular weight excluding hydrogens is 250 g/mol. The molecule has 0 heterocycles. The zero-order valence-electron chi connectivity index (χ0n) is 13.2. The Morgan fingerprint density at radius 2 is 1.60 bits per heavy atom. The molecule has 0 amide bonds. The van der Waals surface area contributed by atoms with Crippen molar-refractivity contribution in [2.45, 2.75) is 89.6 Å². The third-order valence-electron chi connectivity index (χ3n) is 5.23. The highest BCUT2D eigenvalue weighted by Gasteiger charge is 2.44. The Bertz CT molecular complexity index is 306. The molecule has 2 rings (SSSR count). The number of nitrogens with one attached hydrogen (secondary N) is 1. The molecule has 0 aromatic rings. The minimum atomic E-state index is -0.474. The summed E-state index contributed by atoms with van der Waals surface area (Å²) in [4.78, 5) is 12.6. The summed E-state index contributed by atoms with van der Waals surface area (Å²) in [5.41, 5.74) is -0.474. The van der Waals surface area contributed by atoms with Gasteiger partial charge in [-0.3, -0.25) is 10.1 Å². The predicted octanol–water partition coefficient (Wildman–Crippen LogP) is 3.81. The van der Waals surface area contributed by atoms with Gasteiger partial charge in [0.2, 0.25) is 0 Å². The van der Waals surface area contributed by atoms with Crippen molar-refractivity contribution in [1.29, 1.82) is 0 Å². The van der Waals surface area contributed by atoms with Crippen LogP contribution < -0.4 is 5.32 Å². The topological polar surface area (TPSA) is 38.3 Å². The molecule has 2 aliphatic carbocycles. The highest BCUT2D eigenvalue weighted by molar-refractivity contribution is 5.81. The molecule has 20 heavy (non-hydrogen) atoms. The van der Waals surface area contributed by atoms with Crippen molar-refractivity contribution in [3.8, 4) is 0 Å². The molecule has 1 unspecified atom stereocenters. The van der Waals surface area contributed by atoms with Gasteiger partial charge in [-0.05, 0) is 45.4 Å². The molecule has 2 fully saturated rings. The molecule has 1 N–H and O–H groups in total. The van der Waals surface area contributed by atoms with E-state index in [-0.39, 0.29) is 5.97 Å². The van der Waals surface area contributed by atoms with Gasteiger partial charge in [-0.1, -0.05) is 38.5 Å². The number of ether oxygens (including phenoxy) is 1. The van der Waals surface area contributed by atoms with E-state index in [4.69, 9.17) is 4.74 Å². The molecular formula is C17H31NO2. The van der Waals surface area contributed by atoms with E-state index in [0.717, 1.165) is 12.8 Å². The van der Waals surface area contributed by atoms with Gasteiger partial charge in [-0.2, -0.15) is 0 Å². The summed E-state index contributed by atoms with van der Waals surface area (Å²) in [6, 6.07) is 0.500. The number of carbonyl (C=O) groups is 1. The molecule has 116 valence electrons. The van der Waals surface area contributed by atoms with Crippen molar-refractivity contribution < 1.29 is 9.53 Å². The summed E-state index contributed by atoms with van der Waals surface area (Å²) < 4.78 is 5.40. The Balaban J connectivity index is 2.06. The van der Waals surface area contributed by atoms with E-state index in [2.05, 4.69) is 12.2 Å². The average molecular weight is 281 g/mol. The second-order valence-electron chi connectivity index (χ2n) is 6.74. The van der Waals surface area contributed by atoms with Gasteiger partial charge >= 0.3 is 5.97 Å². The number of esters is 1. The van der Waals surface area contributed by atoms with Gasteiger partial charge in [-0.25, -0.2) is 0 Å². The first-order valence-corrected chi connectivity index (χ1v) is 8.61. The largest absolute Gasteiger partial charge is 0.465 e. The fourth-order valence-electron chi connectivity index (χ4n) is 3.98. The Labute approximate surface area is 123 Å². The first-order valence-electron chi connectivity index (χ1n) is 8.61. The van der Waals surface area contributed by atoms with Crippen LogP contribution in [-0.4, -0.2) is 24.2 Å². The summed E-state index contributed by atoms with van der Waals surface area (Å²) >= 11 is 0. The standard InChI is InChI=1S/C17H31NO2/c1-3-20-16(19)17(2,14-10-6-4-7-11-14)18-15-12-8-5-9-13-15/h14-15,18H,3-13H2,1-2H3. The third kappa shape index (κ3) is 3.75. The third-order valence-corrected chi connectivity index (χ3v) is 5.23. The molecule has 2 saturated carbocycles. The van der Waals surface area contributed by atoms with Gasteiger partial charge < -0.3 is 4.74 Å². The lowest BCUT2D eigenvalue weighted by atomic mass is 9.74. The van der Waals surface area contributed by atoms with Gasteiger partial charge in [0.1, 0.15) is 5.54 Å². The van der Waals surface area contributed by atoms with Crippen LogP contribution in [0.1, 0.15) is 78.1 Å². The summed E-state index contributed by atoms with van der Waals surface area (Å²) in [5, 5.41) is 3.71. The van der Waals surface area contributed by atoms with Gasteiger partial charge in [0.25, 0.3) is 0 Å². The molecule has 0 saturated heterocycles. The van der Waals surface area contributed by atoms with Crippen LogP contribution in [-0.2, 0) is 9.53 Å². The Kier molecular flexibility index (Phi) is 5.88. The fraction of sp³-hybridized carbons (Fsp3) is 0.941. The Morgan fingerprint density at radius 1 is 1.05 bits per heavy atom. The van der Waals surface area contributed by atoms with E-state index in [1.807, 2.05) is 6.92 Å². The molecule has 0 radical (unpaired) electrons. The van der Waals surface area contributed by atoms with Crippen LogP contribution in [0.15, 0.2) is 0 Å². The summed E-state index contributed by atoms with van der Waals surface area (Å²) in [6.45, 7) is 4.48.